The topological polar surface area (TPSA) is 95.0 Å². The van der Waals surface area contributed by atoms with Crippen molar-refractivity contribution in [3.63, 3.8) is 0 Å². The molecular formula is C19H23FN2O5S. The number of halogens is 1. The van der Waals surface area contributed by atoms with Gasteiger partial charge >= 0.3 is 5.97 Å². The van der Waals surface area contributed by atoms with Crippen LogP contribution in [0.1, 0.15) is 19.3 Å². The summed E-state index contributed by atoms with van der Waals surface area (Å²) in [5.41, 5.74) is 0. The number of carboxylic acids is 1. The minimum Gasteiger partial charge on any atom is -0.481 e. The second-order valence-corrected chi connectivity index (χ2v) is 9.84. The Bertz CT molecular complexity index is 880. The Hall–Kier alpha value is -2.00. The Kier molecular flexibility index (Phi) is 4.91. The van der Waals surface area contributed by atoms with Crippen LogP contribution in [0.5, 0.6) is 0 Å². The highest BCUT2D eigenvalue weighted by Crippen LogP contribution is 2.53. The summed E-state index contributed by atoms with van der Waals surface area (Å²) in [5.74, 6) is -2.46. The zero-order chi connectivity index (χ0) is 20.1. The van der Waals surface area contributed by atoms with E-state index in [9.17, 15) is 27.5 Å². The van der Waals surface area contributed by atoms with Gasteiger partial charge in [0.05, 0.1) is 16.7 Å². The summed E-state index contributed by atoms with van der Waals surface area (Å²) in [6, 6.07) is 4.67. The molecule has 4 rings (SSSR count). The smallest absolute Gasteiger partial charge is 0.307 e. The van der Waals surface area contributed by atoms with Crippen LogP contribution in [-0.2, 0) is 19.6 Å². The highest BCUT2D eigenvalue weighted by Gasteiger charge is 2.55. The quantitative estimate of drug-likeness (QED) is 0.810. The van der Waals surface area contributed by atoms with Crippen LogP contribution in [0, 0.1) is 29.5 Å². The van der Waals surface area contributed by atoms with E-state index in [1.165, 1.54) is 16.4 Å². The average molecular weight is 410 g/mol. The summed E-state index contributed by atoms with van der Waals surface area (Å²) in [7, 11) is -3.74. The van der Waals surface area contributed by atoms with E-state index in [1.54, 1.807) is 4.90 Å². The van der Waals surface area contributed by atoms with Crippen molar-refractivity contribution in [2.75, 3.05) is 26.2 Å². The van der Waals surface area contributed by atoms with Crippen LogP contribution < -0.4 is 0 Å². The molecule has 1 aromatic carbocycles. The number of carbonyl (C=O) groups is 2. The second kappa shape index (κ2) is 7.11. The van der Waals surface area contributed by atoms with Crippen molar-refractivity contribution < 1.29 is 27.5 Å². The van der Waals surface area contributed by atoms with Gasteiger partial charge in [-0.05, 0) is 55.4 Å². The Morgan fingerprint density at radius 2 is 1.54 bits per heavy atom. The van der Waals surface area contributed by atoms with Crippen LogP contribution in [0.15, 0.2) is 29.2 Å². The molecule has 2 saturated carbocycles. The van der Waals surface area contributed by atoms with Crippen LogP contribution in [0.4, 0.5) is 4.39 Å². The molecule has 1 aliphatic heterocycles. The first-order valence-electron chi connectivity index (χ1n) is 9.56. The van der Waals surface area contributed by atoms with Gasteiger partial charge in [-0.25, -0.2) is 12.8 Å². The first kappa shape index (κ1) is 19.3. The predicted octanol–water partition coefficient (Wildman–Crippen LogP) is 1.41. The average Bonchev–Trinajstić information content (AvgIpc) is 3.29. The number of fused-ring (bicyclic) bond motifs is 2. The monoisotopic (exact) mass is 410 g/mol. The minimum absolute atomic E-state index is 0.0210. The number of amides is 1. The molecule has 1 N–H and O–H groups in total. The van der Waals surface area contributed by atoms with Crippen molar-refractivity contribution in [2.24, 2.45) is 23.7 Å². The lowest BCUT2D eigenvalue weighted by Gasteiger charge is -2.37. The molecule has 1 amide bonds. The number of piperazine rings is 1. The highest BCUT2D eigenvalue weighted by molar-refractivity contribution is 7.89. The molecule has 7 nitrogen and oxygen atoms in total. The largest absolute Gasteiger partial charge is 0.481 e. The molecule has 2 bridgehead atoms. The summed E-state index contributed by atoms with van der Waals surface area (Å²) in [6.45, 7) is 0.757. The number of rotatable bonds is 4. The molecule has 3 fully saturated rings. The molecule has 152 valence electrons. The van der Waals surface area contributed by atoms with Gasteiger partial charge in [0.2, 0.25) is 15.9 Å². The standard InChI is InChI=1S/C19H23FN2O5S/c20-14-3-5-15(6-4-14)28(26,27)22-9-7-21(8-10-22)18(23)16-12-1-2-13(11-12)17(16)19(24)25/h3-6,12-13,16-17H,1-2,7-11H2,(H,24,25)/t12-,13+,16-,17+/m1/s1. The van der Waals surface area contributed by atoms with E-state index >= 15 is 0 Å². The molecule has 0 spiro atoms. The van der Waals surface area contributed by atoms with Gasteiger partial charge < -0.3 is 10.0 Å². The van der Waals surface area contributed by atoms with E-state index in [0.717, 1.165) is 31.4 Å². The fraction of sp³-hybridized carbons (Fsp3) is 0.579. The zero-order valence-corrected chi connectivity index (χ0v) is 16.1. The molecule has 0 aromatic heterocycles. The predicted molar refractivity (Wildman–Crippen MR) is 97.2 cm³/mol. The number of aliphatic carboxylic acids is 1. The highest BCUT2D eigenvalue weighted by atomic mass is 32.2. The normalized spacial score (nSPS) is 30.5. The van der Waals surface area contributed by atoms with E-state index in [4.69, 9.17) is 0 Å². The summed E-state index contributed by atoms with van der Waals surface area (Å²) in [6.07, 6.45) is 2.56. The lowest BCUT2D eigenvalue weighted by Crippen LogP contribution is -2.53. The fourth-order valence-electron chi connectivity index (χ4n) is 5.12. The molecule has 4 atom stereocenters. The van der Waals surface area contributed by atoms with Gasteiger partial charge in [-0.15, -0.1) is 0 Å². The van der Waals surface area contributed by atoms with Crippen LogP contribution in [-0.4, -0.2) is 60.8 Å². The Balaban J connectivity index is 1.43. The van der Waals surface area contributed by atoms with Gasteiger partial charge in [0.1, 0.15) is 5.82 Å². The number of sulfonamides is 1. The van der Waals surface area contributed by atoms with Crippen molar-refractivity contribution in [3.05, 3.63) is 30.1 Å². The van der Waals surface area contributed by atoms with Gasteiger partial charge in [-0.2, -0.15) is 4.31 Å². The third-order valence-corrected chi connectivity index (χ3v) is 8.40. The molecule has 9 heteroatoms. The van der Waals surface area contributed by atoms with Crippen LogP contribution in [0.2, 0.25) is 0 Å². The maximum Gasteiger partial charge on any atom is 0.307 e. The molecular weight excluding hydrogens is 387 g/mol. The first-order chi connectivity index (χ1) is 13.3. The molecule has 1 saturated heterocycles. The lowest BCUT2D eigenvalue weighted by atomic mass is 9.78. The van der Waals surface area contributed by atoms with E-state index in [2.05, 4.69) is 0 Å². The molecule has 1 aromatic rings. The second-order valence-electron chi connectivity index (χ2n) is 7.91. The molecule has 0 radical (unpaired) electrons. The van der Waals surface area contributed by atoms with Crippen molar-refractivity contribution >= 4 is 21.9 Å². The van der Waals surface area contributed by atoms with Crippen LogP contribution in [0.25, 0.3) is 0 Å². The number of nitrogens with zero attached hydrogens (tertiary/aromatic N) is 2. The van der Waals surface area contributed by atoms with Crippen molar-refractivity contribution in [2.45, 2.75) is 24.2 Å². The van der Waals surface area contributed by atoms with E-state index < -0.39 is 33.6 Å². The molecule has 0 unspecified atom stereocenters. The number of benzene rings is 1. The minimum atomic E-state index is -3.74. The number of carboxylic acid groups (broad SMARTS) is 1. The van der Waals surface area contributed by atoms with Crippen LogP contribution in [0.3, 0.4) is 0 Å². The van der Waals surface area contributed by atoms with Gasteiger partial charge in [-0.1, -0.05) is 0 Å². The van der Waals surface area contributed by atoms with Crippen molar-refractivity contribution in [3.8, 4) is 0 Å². The van der Waals surface area contributed by atoms with Gasteiger partial charge in [0.25, 0.3) is 0 Å². The summed E-state index contributed by atoms with van der Waals surface area (Å²) < 4.78 is 39.8. The van der Waals surface area contributed by atoms with Crippen molar-refractivity contribution in [1.82, 2.24) is 9.21 Å². The number of carbonyl (C=O) groups excluding carboxylic acids is 1. The number of hydrogen-bond donors (Lipinski definition) is 1. The maximum atomic E-state index is 13.1. The van der Waals surface area contributed by atoms with E-state index in [-0.39, 0.29) is 48.8 Å². The maximum absolute atomic E-state index is 13.1. The first-order valence-corrected chi connectivity index (χ1v) is 11.0. The SMILES string of the molecule is O=C(O)[C@H]1[C@H]2CC[C@H](C2)[C@H]1C(=O)N1CCN(S(=O)(=O)c2ccc(F)cc2)CC1. The van der Waals surface area contributed by atoms with Gasteiger partial charge in [0.15, 0.2) is 0 Å². The molecule has 1 heterocycles. The fourth-order valence-corrected chi connectivity index (χ4v) is 6.54. The zero-order valence-electron chi connectivity index (χ0n) is 15.3. The third kappa shape index (κ3) is 3.20. The molecule has 28 heavy (non-hydrogen) atoms. The van der Waals surface area contributed by atoms with E-state index in [0.29, 0.717) is 0 Å². The molecule has 3 aliphatic rings. The van der Waals surface area contributed by atoms with Crippen molar-refractivity contribution in [1.29, 1.82) is 0 Å². The Labute approximate surface area is 163 Å². The molecule has 2 aliphatic carbocycles. The lowest BCUT2D eigenvalue weighted by molar-refractivity contribution is -0.153. The summed E-state index contributed by atoms with van der Waals surface area (Å²) in [5, 5.41) is 9.56. The number of hydrogen-bond acceptors (Lipinski definition) is 4. The van der Waals surface area contributed by atoms with E-state index in [1.807, 2.05) is 0 Å². The Morgan fingerprint density at radius 1 is 0.964 bits per heavy atom. The third-order valence-electron chi connectivity index (χ3n) is 6.49. The summed E-state index contributed by atoms with van der Waals surface area (Å²) in [4.78, 5) is 26.3. The Morgan fingerprint density at radius 3 is 2.11 bits per heavy atom. The van der Waals surface area contributed by atoms with Gasteiger partial charge in [0, 0.05) is 26.2 Å². The van der Waals surface area contributed by atoms with Crippen LogP contribution >= 0.6 is 0 Å². The van der Waals surface area contributed by atoms with Gasteiger partial charge in [-0.3, -0.25) is 9.59 Å². The summed E-state index contributed by atoms with van der Waals surface area (Å²) >= 11 is 0.